The molecule has 0 aliphatic rings. The molecule has 0 radical (unpaired) electrons. The van der Waals surface area contributed by atoms with Crippen LogP contribution < -0.4 is 0 Å². The van der Waals surface area contributed by atoms with E-state index in [1.807, 2.05) is 17.5 Å². The van der Waals surface area contributed by atoms with Crippen LogP contribution in [0.1, 0.15) is 15.2 Å². The van der Waals surface area contributed by atoms with Crippen LogP contribution in [0, 0.1) is 5.82 Å². The molecule has 0 aliphatic carbocycles. The number of carboxylic acids is 1. The number of aromatic carboxylic acids is 1. The summed E-state index contributed by atoms with van der Waals surface area (Å²) in [6.45, 7) is 0. The summed E-state index contributed by atoms with van der Waals surface area (Å²) in [5.41, 5.74) is -0.277. The maximum Gasteiger partial charge on any atom is 0.338 e. The average Bonchev–Trinajstić information content (AvgIpc) is 2.80. The first-order chi connectivity index (χ1) is 8.16. The van der Waals surface area contributed by atoms with Gasteiger partial charge in [0.1, 0.15) is 5.82 Å². The molecule has 2 nitrogen and oxygen atoms in total. The van der Waals surface area contributed by atoms with E-state index in [2.05, 4.69) is 0 Å². The van der Waals surface area contributed by atoms with Gasteiger partial charge in [0.25, 0.3) is 0 Å². The average molecular weight is 268 g/mol. The van der Waals surface area contributed by atoms with Crippen molar-refractivity contribution in [3.05, 3.63) is 52.0 Å². The van der Waals surface area contributed by atoms with Gasteiger partial charge in [-0.1, -0.05) is 6.07 Å². The van der Waals surface area contributed by atoms with Gasteiger partial charge in [0.2, 0.25) is 0 Å². The number of carboxylic acid groups (broad SMARTS) is 1. The largest absolute Gasteiger partial charge is 0.478 e. The van der Waals surface area contributed by atoms with Crippen LogP contribution in [0.5, 0.6) is 0 Å². The molecule has 0 aliphatic heterocycles. The molecule has 5 heteroatoms. The highest BCUT2D eigenvalue weighted by atomic mass is 32.2. The molecule has 1 aromatic heterocycles. The van der Waals surface area contributed by atoms with E-state index in [-0.39, 0.29) is 5.56 Å². The topological polar surface area (TPSA) is 37.3 Å². The van der Waals surface area contributed by atoms with Gasteiger partial charge in [-0.25, -0.2) is 9.18 Å². The molecule has 0 spiro atoms. The van der Waals surface area contributed by atoms with Crippen LogP contribution in [0.3, 0.4) is 0 Å². The molecule has 17 heavy (non-hydrogen) atoms. The molecule has 2 rings (SSSR count). The third-order valence-electron chi connectivity index (χ3n) is 2.13. The van der Waals surface area contributed by atoms with E-state index in [1.54, 1.807) is 17.4 Å². The summed E-state index contributed by atoms with van der Waals surface area (Å²) in [4.78, 5) is 12.7. The van der Waals surface area contributed by atoms with E-state index in [9.17, 15) is 9.18 Å². The van der Waals surface area contributed by atoms with Gasteiger partial charge in [0, 0.05) is 15.5 Å². The fourth-order valence-electron chi connectivity index (χ4n) is 1.31. The van der Waals surface area contributed by atoms with E-state index >= 15 is 0 Å². The lowest BCUT2D eigenvalue weighted by Crippen LogP contribution is -2.00. The van der Waals surface area contributed by atoms with Crippen LogP contribution >= 0.6 is 23.1 Å². The number of thiophene rings is 1. The molecule has 0 atom stereocenters. The zero-order valence-electron chi connectivity index (χ0n) is 8.72. The predicted octanol–water partition coefficient (Wildman–Crippen LogP) is 3.88. The fraction of sp³-hybridized carbons (Fsp3) is 0.0833. The van der Waals surface area contributed by atoms with E-state index in [4.69, 9.17) is 5.11 Å². The second kappa shape index (κ2) is 5.33. The number of hydrogen-bond acceptors (Lipinski definition) is 3. The molecule has 2 aromatic rings. The van der Waals surface area contributed by atoms with Crippen LogP contribution in [-0.2, 0) is 5.75 Å². The molecular formula is C12H9FO2S2. The van der Waals surface area contributed by atoms with Gasteiger partial charge in [0.05, 0.1) is 5.56 Å². The number of halogens is 1. The first kappa shape index (κ1) is 12.1. The van der Waals surface area contributed by atoms with Gasteiger partial charge in [-0.2, -0.15) is 0 Å². The van der Waals surface area contributed by atoms with Crippen molar-refractivity contribution >= 4 is 29.1 Å². The summed E-state index contributed by atoms with van der Waals surface area (Å²) < 4.78 is 13.1. The van der Waals surface area contributed by atoms with Crippen molar-refractivity contribution in [1.29, 1.82) is 0 Å². The van der Waals surface area contributed by atoms with Gasteiger partial charge in [-0.05, 0) is 29.6 Å². The minimum absolute atomic E-state index is 0.277. The van der Waals surface area contributed by atoms with Crippen molar-refractivity contribution in [3.63, 3.8) is 0 Å². The Labute approximate surface area is 106 Å². The van der Waals surface area contributed by atoms with E-state index in [0.29, 0.717) is 0 Å². The number of rotatable bonds is 4. The maximum absolute atomic E-state index is 13.1. The highest BCUT2D eigenvalue weighted by Gasteiger charge is 2.10. The van der Waals surface area contributed by atoms with Crippen molar-refractivity contribution in [3.8, 4) is 0 Å². The van der Waals surface area contributed by atoms with Gasteiger partial charge in [-0.3, -0.25) is 0 Å². The molecule has 0 fully saturated rings. The van der Waals surface area contributed by atoms with Crippen molar-refractivity contribution in [2.45, 2.75) is 10.6 Å². The maximum atomic E-state index is 13.1. The normalized spacial score (nSPS) is 10.4. The Morgan fingerprint density at radius 3 is 2.88 bits per heavy atom. The zero-order valence-corrected chi connectivity index (χ0v) is 10.4. The first-order valence-electron chi connectivity index (χ1n) is 4.85. The van der Waals surface area contributed by atoms with E-state index in [0.717, 1.165) is 10.6 Å². The summed E-state index contributed by atoms with van der Waals surface area (Å²) in [6.07, 6.45) is 0. The number of benzene rings is 1. The monoisotopic (exact) mass is 268 g/mol. The minimum atomic E-state index is -1.24. The zero-order chi connectivity index (χ0) is 12.3. The fourth-order valence-corrected chi connectivity index (χ4v) is 3.02. The Morgan fingerprint density at radius 1 is 1.41 bits per heavy atom. The second-order valence-electron chi connectivity index (χ2n) is 3.31. The van der Waals surface area contributed by atoms with E-state index < -0.39 is 11.8 Å². The quantitative estimate of drug-likeness (QED) is 0.855. The van der Waals surface area contributed by atoms with Crippen LogP contribution in [0.15, 0.2) is 40.6 Å². The molecule has 1 heterocycles. The molecule has 0 saturated heterocycles. The van der Waals surface area contributed by atoms with Gasteiger partial charge in [-0.15, -0.1) is 23.1 Å². The Balaban J connectivity index is 2.11. The van der Waals surface area contributed by atoms with Crippen molar-refractivity contribution in [2.75, 3.05) is 0 Å². The number of thioether (sulfide) groups is 1. The molecule has 88 valence electrons. The molecule has 0 unspecified atom stereocenters. The van der Waals surface area contributed by atoms with Gasteiger partial charge in [0.15, 0.2) is 0 Å². The van der Waals surface area contributed by atoms with Crippen LogP contribution in [-0.4, -0.2) is 11.1 Å². The van der Waals surface area contributed by atoms with Crippen LogP contribution in [0.2, 0.25) is 0 Å². The number of carbonyl (C=O) groups is 1. The molecule has 0 amide bonds. The summed E-state index contributed by atoms with van der Waals surface area (Å²) >= 11 is 3.14. The molecule has 1 aromatic carbocycles. The SMILES string of the molecule is O=C(O)c1cc(SCc2cccs2)ccc1F. The Hall–Kier alpha value is -1.33. The Bertz CT molecular complexity index is 523. The standard InChI is InChI=1S/C12H9FO2S2/c13-11-4-3-8(6-10(11)12(14)15)17-7-9-2-1-5-16-9/h1-6H,7H2,(H,14,15). The highest BCUT2D eigenvalue weighted by molar-refractivity contribution is 7.98. The Kier molecular flexibility index (Phi) is 3.81. The molecule has 1 N–H and O–H groups in total. The molecule has 0 bridgehead atoms. The third kappa shape index (κ3) is 3.08. The third-order valence-corrected chi connectivity index (χ3v) is 4.23. The molecule has 0 saturated carbocycles. The van der Waals surface area contributed by atoms with Crippen molar-refractivity contribution in [2.24, 2.45) is 0 Å². The summed E-state index contributed by atoms with van der Waals surface area (Å²) in [5.74, 6) is -1.17. The second-order valence-corrected chi connectivity index (χ2v) is 5.40. The highest BCUT2D eigenvalue weighted by Crippen LogP contribution is 2.26. The summed E-state index contributed by atoms with van der Waals surface area (Å²) in [6, 6.07) is 8.14. The minimum Gasteiger partial charge on any atom is -0.478 e. The van der Waals surface area contributed by atoms with Crippen LogP contribution in [0.25, 0.3) is 0 Å². The smallest absolute Gasteiger partial charge is 0.338 e. The predicted molar refractivity (Wildman–Crippen MR) is 67.2 cm³/mol. The number of hydrogen-bond donors (Lipinski definition) is 1. The van der Waals surface area contributed by atoms with Crippen molar-refractivity contribution < 1.29 is 14.3 Å². The van der Waals surface area contributed by atoms with Gasteiger partial charge < -0.3 is 5.11 Å². The lowest BCUT2D eigenvalue weighted by atomic mass is 10.2. The lowest BCUT2D eigenvalue weighted by molar-refractivity contribution is 0.0691. The summed E-state index contributed by atoms with van der Waals surface area (Å²) in [7, 11) is 0. The first-order valence-corrected chi connectivity index (χ1v) is 6.71. The van der Waals surface area contributed by atoms with Crippen molar-refractivity contribution in [1.82, 2.24) is 0 Å². The van der Waals surface area contributed by atoms with E-state index in [1.165, 1.54) is 28.8 Å². The lowest BCUT2D eigenvalue weighted by Gasteiger charge is -2.02. The molecular weight excluding hydrogens is 259 g/mol. The Morgan fingerprint density at radius 2 is 2.24 bits per heavy atom. The van der Waals surface area contributed by atoms with Gasteiger partial charge >= 0.3 is 5.97 Å². The van der Waals surface area contributed by atoms with Crippen LogP contribution in [0.4, 0.5) is 4.39 Å². The summed E-state index contributed by atoms with van der Waals surface area (Å²) in [5, 5.41) is 10.8.